The molecule has 0 saturated carbocycles. The molecule has 1 aromatic rings. The average molecular weight is 282 g/mol. The van der Waals surface area contributed by atoms with E-state index in [2.05, 4.69) is 4.98 Å². The minimum atomic E-state index is -1.00. The van der Waals surface area contributed by atoms with Crippen molar-refractivity contribution in [2.24, 2.45) is 0 Å². The van der Waals surface area contributed by atoms with Crippen LogP contribution in [0.3, 0.4) is 0 Å². The van der Waals surface area contributed by atoms with Crippen LogP contribution in [0.2, 0.25) is 0 Å². The number of nitrogens with zero attached hydrogens (tertiary/aromatic N) is 2. The molecule has 0 bridgehead atoms. The summed E-state index contributed by atoms with van der Waals surface area (Å²) < 4.78 is 10.6. The number of aliphatic carboxylic acids is 1. The maximum atomic E-state index is 10.9. The summed E-state index contributed by atoms with van der Waals surface area (Å²) in [6.07, 6.45) is -0.242. The fourth-order valence-electron chi connectivity index (χ4n) is 1.97. The standard InChI is InChI=1S/C12H14N2O6/c1-7-2-4-9(11(13-7)14(17)18)19-6-8-3-5-10(20-8)12(15)16/h2,4,8,10H,3,5-6H2,1H3,(H,15,16). The summed E-state index contributed by atoms with van der Waals surface area (Å²) in [5, 5.41) is 19.7. The number of nitro groups is 1. The Labute approximate surface area is 114 Å². The molecule has 1 fully saturated rings. The molecule has 1 N–H and O–H groups in total. The maximum Gasteiger partial charge on any atom is 0.406 e. The van der Waals surface area contributed by atoms with Gasteiger partial charge >= 0.3 is 11.8 Å². The zero-order valence-electron chi connectivity index (χ0n) is 10.8. The normalized spacial score (nSPS) is 21.6. The monoisotopic (exact) mass is 282 g/mol. The first kappa shape index (κ1) is 14.2. The number of carboxylic acid groups (broad SMARTS) is 1. The fourth-order valence-corrected chi connectivity index (χ4v) is 1.97. The van der Waals surface area contributed by atoms with E-state index < -0.39 is 17.0 Å². The van der Waals surface area contributed by atoms with Gasteiger partial charge in [0.15, 0.2) is 6.10 Å². The van der Waals surface area contributed by atoms with Gasteiger partial charge in [-0.3, -0.25) is 0 Å². The second-order valence-electron chi connectivity index (χ2n) is 4.50. The van der Waals surface area contributed by atoms with E-state index in [-0.39, 0.29) is 24.3 Å². The van der Waals surface area contributed by atoms with Crippen molar-refractivity contribution < 1.29 is 24.3 Å². The van der Waals surface area contributed by atoms with Crippen LogP contribution in [0.1, 0.15) is 18.5 Å². The SMILES string of the molecule is Cc1ccc(OCC2CCC(C(=O)O)O2)c([N+](=O)[O-])n1. The van der Waals surface area contributed by atoms with Crippen LogP contribution >= 0.6 is 0 Å². The van der Waals surface area contributed by atoms with Gasteiger partial charge in [-0.15, -0.1) is 0 Å². The highest BCUT2D eigenvalue weighted by Gasteiger charge is 2.31. The van der Waals surface area contributed by atoms with E-state index in [0.29, 0.717) is 18.5 Å². The van der Waals surface area contributed by atoms with Crippen molar-refractivity contribution in [2.45, 2.75) is 32.0 Å². The molecule has 1 aliphatic heterocycles. The third-order valence-corrected chi connectivity index (χ3v) is 2.96. The molecule has 2 unspecified atom stereocenters. The highest BCUT2D eigenvalue weighted by molar-refractivity contribution is 5.72. The van der Waals surface area contributed by atoms with E-state index >= 15 is 0 Å². The molecule has 2 atom stereocenters. The molecule has 1 aliphatic rings. The topological polar surface area (TPSA) is 112 Å². The number of hydrogen-bond acceptors (Lipinski definition) is 6. The van der Waals surface area contributed by atoms with Crippen molar-refractivity contribution in [3.05, 3.63) is 27.9 Å². The Morgan fingerprint density at radius 3 is 2.95 bits per heavy atom. The number of aryl methyl sites for hydroxylation is 1. The summed E-state index contributed by atoms with van der Waals surface area (Å²) in [5.74, 6) is -1.30. The summed E-state index contributed by atoms with van der Waals surface area (Å²) in [5.41, 5.74) is 0.520. The highest BCUT2D eigenvalue weighted by atomic mass is 16.6. The summed E-state index contributed by atoms with van der Waals surface area (Å²) in [4.78, 5) is 24.8. The molecule has 2 heterocycles. The number of rotatable bonds is 5. The molecule has 0 amide bonds. The van der Waals surface area contributed by atoms with E-state index in [9.17, 15) is 14.9 Å². The molecule has 8 heteroatoms. The fraction of sp³-hybridized carbons (Fsp3) is 0.500. The maximum absolute atomic E-state index is 10.9. The van der Waals surface area contributed by atoms with Crippen molar-refractivity contribution in [1.29, 1.82) is 0 Å². The van der Waals surface area contributed by atoms with Crippen LogP contribution in [0.15, 0.2) is 12.1 Å². The zero-order valence-corrected chi connectivity index (χ0v) is 10.8. The Balaban J connectivity index is 1.98. The van der Waals surface area contributed by atoms with Gasteiger partial charge in [0.25, 0.3) is 0 Å². The molecule has 0 aromatic carbocycles. The van der Waals surface area contributed by atoms with Gasteiger partial charge in [0.2, 0.25) is 5.75 Å². The number of carboxylic acids is 1. The summed E-state index contributed by atoms with van der Waals surface area (Å²) in [6.45, 7) is 1.71. The molecule has 0 spiro atoms. The van der Waals surface area contributed by atoms with Gasteiger partial charge in [0.1, 0.15) is 12.3 Å². The molecule has 1 aromatic heterocycles. The van der Waals surface area contributed by atoms with Gasteiger partial charge in [0, 0.05) is 6.92 Å². The number of ether oxygens (including phenoxy) is 2. The van der Waals surface area contributed by atoms with Crippen LogP contribution in [0.4, 0.5) is 5.82 Å². The lowest BCUT2D eigenvalue weighted by molar-refractivity contribution is -0.390. The van der Waals surface area contributed by atoms with Crippen LogP contribution in [0, 0.1) is 17.0 Å². The van der Waals surface area contributed by atoms with E-state index in [1.165, 1.54) is 6.07 Å². The minimum Gasteiger partial charge on any atom is -0.483 e. The largest absolute Gasteiger partial charge is 0.483 e. The van der Waals surface area contributed by atoms with E-state index in [1.807, 2.05) is 0 Å². The van der Waals surface area contributed by atoms with Gasteiger partial charge < -0.3 is 24.7 Å². The van der Waals surface area contributed by atoms with Gasteiger partial charge in [-0.05, 0) is 34.9 Å². The van der Waals surface area contributed by atoms with Gasteiger partial charge in [0.05, 0.1) is 6.10 Å². The van der Waals surface area contributed by atoms with Crippen molar-refractivity contribution in [3.8, 4) is 5.75 Å². The third kappa shape index (κ3) is 3.21. The molecule has 108 valence electrons. The Bertz CT molecular complexity index is 533. The smallest absolute Gasteiger partial charge is 0.406 e. The van der Waals surface area contributed by atoms with Crippen LogP contribution in [0.5, 0.6) is 5.75 Å². The van der Waals surface area contributed by atoms with Crippen molar-refractivity contribution >= 4 is 11.8 Å². The van der Waals surface area contributed by atoms with E-state index in [0.717, 1.165) is 0 Å². The Morgan fingerprint density at radius 2 is 2.35 bits per heavy atom. The van der Waals surface area contributed by atoms with Crippen molar-refractivity contribution in [3.63, 3.8) is 0 Å². The lowest BCUT2D eigenvalue weighted by atomic mass is 10.2. The summed E-state index contributed by atoms with van der Waals surface area (Å²) in [7, 11) is 0. The number of pyridine rings is 1. The number of carbonyl (C=O) groups is 1. The molecule has 1 saturated heterocycles. The first-order valence-electron chi connectivity index (χ1n) is 6.10. The molecular weight excluding hydrogens is 268 g/mol. The summed E-state index contributed by atoms with van der Waals surface area (Å²) >= 11 is 0. The first-order valence-corrected chi connectivity index (χ1v) is 6.10. The molecular formula is C12H14N2O6. The Morgan fingerprint density at radius 1 is 1.60 bits per heavy atom. The van der Waals surface area contributed by atoms with Crippen LogP contribution in [-0.2, 0) is 9.53 Å². The number of aromatic nitrogens is 1. The zero-order chi connectivity index (χ0) is 14.7. The van der Waals surface area contributed by atoms with Crippen molar-refractivity contribution in [1.82, 2.24) is 4.98 Å². The molecule has 0 radical (unpaired) electrons. The quantitative estimate of drug-likeness (QED) is 0.640. The lowest BCUT2D eigenvalue weighted by Gasteiger charge is -2.12. The predicted octanol–water partition coefficient (Wildman–Crippen LogP) is 1.31. The first-order chi connectivity index (χ1) is 9.47. The van der Waals surface area contributed by atoms with Gasteiger partial charge in [-0.25, -0.2) is 4.79 Å². The predicted molar refractivity (Wildman–Crippen MR) is 66.7 cm³/mol. The van der Waals surface area contributed by atoms with E-state index in [1.54, 1.807) is 13.0 Å². The summed E-state index contributed by atoms with van der Waals surface area (Å²) in [6, 6.07) is 3.09. The van der Waals surface area contributed by atoms with Crippen LogP contribution in [-0.4, -0.2) is 39.8 Å². The second kappa shape index (κ2) is 5.83. The second-order valence-corrected chi connectivity index (χ2v) is 4.50. The Hall–Kier alpha value is -2.22. The van der Waals surface area contributed by atoms with Gasteiger partial charge in [-0.2, -0.15) is 0 Å². The number of hydrogen-bond donors (Lipinski definition) is 1. The average Bonchev–Trinajstić information content (AvgIpc) is 2.86. The molecule has 0 aliphatic carbocycles. The van der Waals surface area contributed by atoms with E-state index in [4.69, 9.17) is 14.6 Å². The third-order valence-electron chi connectivity index (χ3n) is 2.96. The molecule has 2 rings (SSSR count). The van der Waals surface area contributed by atoms with Crippen LogP contribution in [0.25, 0.3) is 0 Å². The van der Waals surface area contributed by atoms with Gasteiger partial charge in [-0.1, -0.05) is 0 Å². The minimum absolute atomic E-state index is 0.0583. The Kier molecular flexibility index (Phi) is 4.14. The molecule has 20 heavy (non-hydrogen) atoms. The lowest BCUT2D eigenvalue weighted by Crippen LogP contribution is -2.23. The highest BCUT2D eigenvalue weighted by Crippen LogP contribution is 2.26. The van der Waals surface area contributed by atoms with Crippen molar-refractivity contribution in [2.75, 3.05) is 6.61 Å². The molecule has 8 nitrogen and oxygen atoms in total. The van der Waals surface area contributed by atoms with Crippen LogP contribution < -0.4 is 4.74 Å².